The quantitative estimate of drug-likeness (QED) is 0.756. The maximum absolute atomic E-state index is 13.5. The molecular formula is C15H15F2N5O2. The van der Waals surface area contributed by atoms with Crippen LogP contribution in [0.2, 0.25) is 0 Å². The molecule has 3 aromatic heterocycles. The summed E-state index contributed by atoms with van der Waals surface area (Å²) in [7, 11) is 0. The Labute approximate surface area is 135 Å². The Morgan fingerprint density at radius 3 is 2.67 bits per heavy atom. The molecule has 0 saturated heterocycles. The molecule has 24 heavy (non-hydrogen) atoms. The number of nitrogens with zero attached hydrogens (tertiary/aromatic N) is 4. The first-order chi connectivity index (χ1) is 11.3. The summed E-state index contributed by atoms with van der Waals surface area (Å²) in [6.07, 6.45) is 2.57. The minimum Gasteiger partial charge on any atom is -0.390 e. The van der Waals surface area contributed by atoms with Crippen molar-refractivity contribution >= 4 is 5.78 Å². The van der Waals surface area contributed by atoms with Gasteiger partial charge in [-0.15, -0.1) is 0 Å². The highest BCUT2D eigenvalue weighted by molar-refractivity contribution is 5.64. The average Bonchev–Trinajstić information content (AvgIpc) is 3.03. The van der Waals surface area contributed by atoms with E-state index in [2.05, 4.69) is 20.1 Å². The van der Waals surface area contributed by atoms with E-state index in [0.29, 0.717) is 16.8 Å². The third-order valence-corrected chi connectivity index (χ3v) is 3.65. The van der Waals surface area contributed by atoms with Gasteiger partial charge in [0, 0.05) is 17.3 Å². The Morgan fingerprint density at radius 1 is 1.33 bits per heavy atom. The van der Waals surface area contributed by atoms with Gasteiger partial charge in [0.2, 0.25) is 0 Å². The third-order valence-electron chi connectivity index (χ3n) is 3.65. The summed E-state index contributed by atoms with van der Waals surface area (Å²) in [5.41, 5.74) is 0.372. The zero-order valence-corrected chi connectivity index (χ0v) is 13.0. The first-order valence-corrected chi connectivity index (χ1v) is 7.26. The fourth-order valence-electron chi connectivity index (χ4n) is 2.44. The maximum Gasteiger partial charge on any atom is 0.312 e. The zero-order valence-electron chi connectivity index (χ0n) is 13.0. The fourth-order valence-corrected chi connectivity index (χ4v) is 2.44. The SMILES string of the molecule is CC(C)c1c(-c2ccc(C(F)(F)CO)nc2)nc2nc[nH]n2c1=O. The van der Waals surface area contributed by atoms with E-state index in [1.54, 1.807) is 0 Å². The molecule has 0 unspecified atom stereocenters. The van der Waals surface area contributed by atoms with Crippen LogP contribution in [0.25, 0.3) is 17.0 Å². The lowest BCUT2D eigenvalue weighted by atomic mass is 9.99. The Morgan fingerprint density at radius 2 is 2.08 bits per heavy atom. The molecule has 3 aromatic rings. The van der Waals surface area contributed by atoms with Gasteiger partial charge in [0.05, 0.1) is 5.69 Å². The van der Waals surface area contributed by atoms with Crippen LogP contribution in [0.15, 0.2) is 29.5 Å². The molecule has 0 radical (unpaired) electrons. The van der Waals surface area contributed by atoms with Crippen LogP contribution in [-0.4, -0.2) is 36.3 Å². The first kappa shape index (κ1) is 16.2. The number of alkyl halides is 2. The number of fused-ring (bicyclic) bond motifs is 1. The van der Waals surface area contributed by atoms with Gasteiger partial charge in [0.1, 0.15) is 18.6 Å². The van der Waals surface area contributed by atoms with E-state index >= 15 is 0 Å². The van der Waals surface area contributed by atoms with E-state index in [0.717, 1.165) is 6.07 Å². The third kappa shape index (κ3) is 2.56. The molecule has 0 amide bonds. The van der Waals surface area contributed by atoms with Crippen LogP contribution in [0.5, 0.6) is 0 Å². The second-order valence-electron chi connectivity index (χ2n) is 5.65. The molecule has 0 aromatic carbocycles. The Bertz CT molecular complexity index is 931. The summed E-state index contributed by atoms with van der Waals surface area (Å²) >= 11 is 0. The largest absolute Gasteiger partial charge is 0.390 e. The van der Waals surface area contributed by atoms with Gasteiger partial charge in [-0.3, -0.25) is 14.9 Å². The van der Waals surface area contributed by atoms with Gasteiger partial charge in [-0.25, -0.2) is 9.97 Å². The zero-order chi connectivity index (χ0) is 17.5. The predicted octanol–water partition coefficient (Wildman–Crippen LogP) is 1.69. The smallest absolute Gasteiger partial charge is 0.312 e. The first-order valence-electron chi connectivity index (χ1n) is 7.26. The second-order valence-corrected chi connectivity index (χ2v) is 5.65. The molecule has 0 aliphatic rings. The molecule has 0 fully saturated rings. The highest BCUT2D eigenvalue weighted by Crippen LogP contribution is 2.29. The molecule has 0 aliphatic heterocycles. The van der Waals surface area contributed by atoms with Crippen LogP contribution < -0.4 is 5.56 Å². The van der Waals surface area contributed by atoms with Crippen molar-refractivity contribution in [2.75, 3.05) is 6.61 Å². The molecule has 0 spiro atoms. The summed E-state index contributed by atoms with van der Waals surface area (Å²) in [5, 5.41) is 11.4. The van der Waals surface area contributed by atoms with Crippen LogP contribution in [0.4, 0.5) is 8.78 Å². The molecule has 7 nitrogen and oxygen atoms in total. The predicted molar refractivity (Wildman–Crippen MR) is 81.9 cm³/mol. The number of aliphatic hydroxyl groups excluding tert-OH is 1. The number of nitrogens with one attached hydrogen (secondary N) is 1. The number of hydrogen-bond donors (Lipinski definition) is 2. The van der Waals surface area contributed by atoms with Crippen molar-refractivity contribution < 1.29 is 13.9 Å². The summed E-state index contributed by atoms with van der Waals surface area (Å²) in [6, 6.07) is 2.52. The van der Waals surface area contributed by atoms with Crippen molar-refractivity contribution in [1.82, 2.24) is 24.6 Å². The van der Waals surface area contributed by atoms with Crippen LogP contribution in [0.3, 0.4) is 0 Å². The highest BCUT2D eigenvalue weighted by Gasteiger charge is 2.32. The van der Waals surface area contributed by atoms with E-state index in [1.807, 2.05) is 13.8 Å². The number of hydrogen-bond acceptors (Lipinski definition) is 5. The van der Waals surface area contributed by atoms with Gasteiger partial charge in [0.25, 0.3) is 11.3 Å². The molecule has 126 valence electrons. The van der Waals surface area contributed by atoms with Gasteiger partial charge in [0.15, 0.2) is 0 Å². The summed E-state index contributed by atoms with van der Waals surface area (Å²) in [4.78, 5) is 24.6. The van der Waals surface area contributed by atoms with Gasteiger partial charge in [-0.2, -0.15) is 13.3 Å². The van der Waals surface area contributed by atoms with Gasteiger partial charge in [-0.05, 0) is 18.1 Å². The van der Waals surface area contributed by atoms with E-state index in [9.17, 15) is 13.6 Å². The molecule has 0 bridgehead atoms. The molecular weight excluding hydrogens is 320 g/mol. The van der Waals surface area contributed by atoms with Crippen molar-refractivity contribution in [1.29, 1.82) is 0 Å². The summed E-state index contributed by atoms with van der Waals surface area (Å²) in [5.74, 6) is -3.37. The standard InChI is InChI=1S/C15H15F2N5O2/c1-8(2)11-12(21-14-19-7-20-22(14)13(11)24)9-3-4-10(18-5-9)15(16,17)6-23/h3-5,7-8,23H,6H2,1-2H3,(H,19,20,21). The normalized spacial score (nSPS) is 12.2. The van der Waals surface area contributed by atoms with Crippen molar-refractivity contribution in [3.05, 3.63) is 46.3 Å². The van der Waals surface area contributed by atoms with Gasteiger partial charge in [-0.1, -0.05) is 13.8 Å². The van der Waals surface area contributed by atoms with Crippen LogP contribution >= 0.6 is 0 Å². The minimum atomic E-state index is -3.42. The number of pyridine rings is 1. The van der Waals surface area contributed by atoms with E-state index in [4.69, 9.17) is 5.11 Å². The summed E-state index contributed by atoms with van der Waals surface area (Å²) < 4.78 is 28.1. The molecule has 0 atom stereocenters. The lowest BCUT2D eigenvalue weighted by Gasteiger charge is -2.14. The highest BCUT2D eigenvalue weighted by atomic mass is 19.3. The minimum absolute atomic E-state index is 0.140. The Kier molecular flexibility index (Phi) is 3.88. The Hall–Kier alpha value is -2.68. The maximum atomic E-state index is 13.5. The van der Waals surface area contributed by atoms with Gasteiger partial charge < -0.3 is 5.11 Å². The molecule has 2 N–H and O–H groups in total. The average molecular weight is 335 g/mol. The van der Waals surface area contributed by atoms with Crippen molar-refractivity contribution in [2.45, 2.75) is 25.7 Å². The van der Waals surface area contributed by atoms with E-state index < -0.39 is 18.2 Å². The molecule has 3 rings (SSSR count). The van der Waals surface area contributed by atoms with Crippen LogP contribution in [-0.2, 0) is 5.92 Å². The second kappa shape index (κ2) is 5.75. The number of aromatic amines is 1. The van der Waals surface area contributed by atoms with Crippen molar-refractivity contribution in [3.8, 4) is 11.3 Å². The van der Waals surface area contributed by atoms with Crippen molar-refractivity contribution in [2.24, 2.45) is 0 Å². The van der Waals surface area contributed by atoms with Crippen molar-refractivity contribution in [3.63, 3.8) is 0 Å². The van der Waals surface area contributed by atoms with E-state index in [1.165, 1.54) is 23.1 Å². The van der Waals surface area contributed by atoms with Crippen LogP contribution in [0.1, 0.15) is 31.0 Å². The lowest BCUT2D eigenvalue weighted by molar-refractivity contribution is -0.0592. The van der Waals surface area contributed by atoms with Crippen LogP contribution in [0, 0.1) is 0 Å². The molecule has 0 saturated carbocycles. The number of halogens is 2. The van der Waals surface area contributed by atoms with Gasteiger partial charge >= 0.3 is 5.92 Å². The lowest BCUT2D eigenvalue weighted by Crippen LogP contribution is -2.23. The molecule has 0 aliphatic carbocycles. The number of rotatable bonds is 4. The monoisotopic (exact) mass is 335 g/mol. The Balaban J connectivity index is 2.19. The number of H-pyrrole nitrogens is 1. The topological polar surface area (TPSA) is 96.2 Å². The molecule has 9 heteroatoms. The fraction of sp³-hybridized carbons (Fsp3) is 0.333. The number of aliphatic hydroxyl groups is 1. The van der Waals surface area contributed by atoms with E-state index in [-0.39, 0.29) is 17.3 Å². The number of aromatic nitrogens is 5. The summed E-state index contributed by atoms with van der Waals surface area (Å²) in [6.45, 7) is 2.36. The molecule has 3 heterocycles.